The van der Waals surface area contributed by atoms with E-state index in [1.165, 1.54) is 0 Å². The van der Waals surface area contributed by atoms with E-state index in [0.29, 0.717) is 5.56 Å². The van der Waals surface area contributed by atoms with Crippen molar-refractivity contribution in [1.29, 1.82) is 0 Å². The summed E-state index contributed by atoms with van der Waals surface area (Å²) in [5.74, 6) is 0.580. The average molecular weight is 282 g/mol. The Morgan fingerprint density at radius 2 is 1.76 bits per heavy atom. The zero-order chi connectivity index (χ0) is 15.2. The number of hydrogen-bond acceptors (Lipinski definition) is 3. The highest BCUT2D eigenvalue weighted by Gasteiger charge is 2.07. The van der Waals surface area contributed by atoms with Gasteiger partial charge in [0, 0.05) is 5.56 Å². The molecule has 0 atom stereocenters. The zero-order valence-electron chi connectivity index (χ0n) is 12.4. The van der Waals surface area contributed by atoms with E-state index in [0.717, 1.165) is 22.6 Å². The number of nitrogens with one attached hydrogen (secondary N) is 1. The molecule has 1 amide bonds. The molecular weight excluding hydrogens is 264 g/mol. The van der Waals surface area contributed by atoms with Crippen LogP contribution in [0.5, 0.6) is 5.75 Å². The molecule has 108 valence electrons. The largest absolute Gasteiger partial charge is 0.497 e. The van der Waals surface area contributed by atoms with E-state index in [2.05, 4.69) is 10.5 Å². The lowest BCUT2D eigenvalue weighted by atomic mass is 10.1. The summed E-state index contributed by atoms with van der Waals surface area (Å²) in [6.45, 7) is 3.74. The van der Waals surface area contributed by atoms with Crippen molar-refractivity contribution in [3.63, 3.8) is 0 Å². The van der Waals surface area contributed by atoms with E-state index < -0.39 is 0 Å². The molecule has 4 nitrogen and oxygen atoms in total. The quantitative estimate of drug-likeness (QED) is 0.691. The molecule has 0 saturated carbocycles. The second-order valence-electron chi connectivity index (χ2n) is 4.68. The molecule has 0 aromatic heterocycles. The Morgan fingerprint density at radius 3 is 2.38 bits per heavy atom. The standard InChI is InChI=1S/C17H18N2O2/c1-12-6-4-5-7-16(12)17(20)19-18-13(2)14-8-10-15(21-3)11-9-14/h4-11H,1-3H3,(H,19,20)/b18-13-. The van der Waals surface area contributed by atoms with Crippen LogP contribution < -0.4 is 10.2 Å². The zero-order valence-corrected chi connectivity index (χ0v) is 12.4. The smallest absolute Gasteiger partial charge is 0.271 e. The first-order valence-corrected chi connectivity index (χ1v) is 6.66. The maximum atomic E-state index is 12.1. The summed E-state index contributed by atoms with van der Waals surface area (Å²) in [6.07, 6.45) is 0. The Morgan fingerprint density at radius 1 is 1.10 bits per heavy atom. The molecule has 2 aromatic carbocycles. The number of hydrogen-bond donors (Lipinski definition) is 1. The molecule has 0 aliphatic carbocycles. The molecule has 0 heterocycles. The highest BCUT2D eigenvalue weighted by Crippen LogP contribution is 2.12. The molecule has 0 radical (unpaired) electrons. The highest BCUT2D eigenvalue weighted by molar-refractivity contribution is 6.01. The number of hydrazone groups is 1. The molecule has 4 heteroatoms. The van der Waals surface area contributed by atoms with Gasteiger partial charge < -0.3 is 4.74 Å². The van der Waals surface area contributed by atoms with E-state index in [9.17, 15) is 4.79 Å². The highest BCUT2D eigenvalue weighted by atomic mass is 16.5. The van der Waals surface area contributed by atoms with Gasteiger partial charge in [-0.15, -0.1) is 0 Å². The molecule has 0 unspecified atom stereocenters. The van der Waals surface area contributed by atoms with Gasteiger partial charge in [-0.05, 0) is 55.3 Å². The van der Waals surface area contributed by atoms with Crippen LogP contribution in [-0.4, -0.2) is 18.7 Å². The maximum absolute atomic E-state index is 12.1. The van der Waals surface area contributed by atoms with Crippen LogP contribution in [0.15, 0.2) is 53.6 Å². The predicted molar refractivity (Wildman–Crippen MR) is 83.9 cm³/mol. The van der Waals surface area contributed by atoms with Gasteiger partial charge >= 0.3 is 0 Å². The molecule has 0 aliphatic rings. The summed E-state index contributed by atoms with van der Waals surface area (Å²) in [5.41, 5.74) is 5.80. The molecule has 0 fully saturated rings. The molecule has 0 spiro atoms. The minimum atomic E-state index is -0.207. The summed E-state index contributed by atoms with van der Waals surface area (Å²) in [4.78, 5) is 12.1. The van der Waals surface area contributed by atoms with E-state index in [1.54, 1.807) is 13.2 Å². The Hall–Kier alpha value is -2.62. The summed E-state index contributed by atoms with van der Waals surface area (Å²) >= 11 is 0. The number of methoxy groups -OCH3 is 1. The van der Waals surface area contributed by atoms with Crippen LogP contribution in [0, 0.1) is 6.92 Å². The van der Waals surface area contributed by atoms with E-state index >= 15 is 0 Å². The first kappa shape index (κ1) is 14.8. The fourth-order valence-corrected chi connectivity index (χ4v) is 1.92. The molecule has 2 rings (SSSR count). The van der Waals surface area contributed by atoms with Crippen molar-refractivity contribution in [2.45, 2.75) is 13.8 Å². The van der Waals surface area contributed by atoms with Gasteiger partial charge in [-0.25, -0.2) is 5.43 Å². The van der Waals surface area contributed by atoms with Crippen molar-refractivity contribution in [2.24, 2.45) is 5.10 Å². The van der Waals surface area contributed by atoms with Crippen molar-refractivity contribution < 1.29 is 9.53 Å². The minimum absolute atomic E-state index is 0.207. The van der Waals surface area contributed by atoms with Gasteiger partial charge in [0.2, 0.25) is 0 Å². The average Bonchev–Trinajstić information content (AvgIpc) is 2.52. The van der Waals surface area contributed by atoms with Gasteiger partial charge in [-0.3, -0.25) is 4.79 Å². The van der Waals surface area contributed by atoms with Crippen molar-refractivity contribution >= 4 is 11.6 Å². The first-order chi connectivity index (χ1) is 10.1. The van der Waals surface area contributed by atoms with Crippen molar-refractivity contribution in [3.05, 3.63) is 65.2 Å². The lowest BCUT2D eigenvalue weighted by Crippen LogP contribution is -2.20. The molecule has 21 heavy (non-hydrogen) atoms. The van der Waals surface area contributed by atoms with Crippen LogP contribution in [0.4, 0.5) is 0 Å². The van der Waals surface area contributed by atoms with Gasteiger partial charge in [0.05, 0.1) is 12.8 Å². The number of benzene rings is 2. The normalized spacial score (nSPS) is 11.1. The van der Waals surface area contributed by atoms with E-state index in [-0.39, 0.29) is 5.91 Å². The van der Waals surface area contributed by atoms with Crippen molar-refractivity contribution in [2.75, 3.05) is 7.11 Å². The number of amides is 1. The molecule has 2 aromatic rings. The third-order valence-corrected chi connectivity index (χ3v) is 3.22. The van der Waals surface area contributed by atoms with E-state index in [1.807, 2.05) is 56.3 Å². The number of aryl methyl sites for hydroxylation is 1. The van der Waals surface area contributed by atoms with Crippen LogP contribution in [-0.2, 0) is 0 Å². The third-order valence-electron chi connectivity index (χ3n) is 3.22. The summed E-state index contributed by atoms with van der Waals surface area (Å²) in [5, 5.41) is 4.14. The lowest BCUT2D eigenvalue weighted by molar-refractivity contribution is 0.0954. The monoisotopic (exact) mass is 282 g/mol. The second kappa shape index (κ2) is 6.70. The van der Waals surface area contributed by atoms with Crippen molar-refractivity contribution in [1.82, 2.24) is 5.43 Å². The topological polar surface area (TPSA) is 50.7 Å². The van der Waals surface area contributed by atoms with Gasteiger partial charge in [-0.1, -0.05) is 18.2 Å². The Kier molecular flexibility index (Phi) is 4.72. The number of rotatable bonds is 4. The van der Waals surface area contributed by atoms with Gasteiger partial charge in [0.1, 0.15) is 5.75 Å². The fraction of sp³-hybridized carbons (Fsp3) is 0.176. The molecule has 0 aliphatic heterocycles. The van der Waals surface area contributed by atoms with Gasteiger partial charge in [-0.2, -0.15) is 5.10 Å². The van der Waals surface area contributed by atoms with Crippen LogP contribution in [0.3, 0.4) is 0 Å². The number of ether oxygens (including phenoxy) is 1. The Bertz CT molecular complexity index is 661. The predicted octanol–water partition coefficient (Wildman–Crippen LogP) is 3.16. The Balaban J connectivity index is 2.09. The molecule has 0 saturated heterocycles. The van der Waals surface area contributed by atoms with Crippen LogP contribution in [0.25, 0.3) is 0 Å². The number of carbonyl (C=O) groups excluding carboxylic acids is 1. The summed E-state index contributed by atoms with van der Waals surface area (Å²) < 4.78 is 5.11. The number of carbonyl (C=O) groups is 1. The molecule has 1 N–H and O–H groups in total. The molecular formula is C17H18N2O2. The summed E-state index contributed by atoms with van der Waals surface area (Å²) in [7, 11) is 1.62. The van der Waals surface area contributed by atoms with Crippen LogP contribution >= 0.6 is 0 Å². The lowest BCUT2D eigenvalue weighted by Gasteiger charge is -2.06. The SMILES string of the molecule is COc1ccc(/C(C)=N\NC(=O)c2ccccc2C)cc1. The maximum Gasteiger partial charge on any atom is 0.271 e. The van der Waals surface area contributed by atoms with Crippen molar-refractivity contribution in [3.8, 4) is 5.75 Å². The Labute approximate surface area is 124 Å². The van der Waals surface area contributed by atoms with Crippen LogP contribution in [0.2, 0.25) is 0 Å². The van der Waals surface area contributed by atoms with Gasteiger partial charge in [0.15, 0.2) is 0 Å². The van der Waals surface area contributed by atoms with E-state index in [4.69, 9.17) is 4.74 Å². The van der Waals surface area contributed by atoms with Gasteiger partial charge in [0.25, 0.3) is 5.91 Å². The molecule has 0 bridgehead atoms. The minimum Gasteiger partial charge on any atom is -0.497 e. The first-order valence-electron chi connectivity index (χ1n) is 6.66. The number of nitrogens with zero attached hydrogens (tertiary/aromatic N) is 1. The fourth-order valence-electron chi connectivity index (χ4n) is 1.92. The second-order valence-corrected chi connectivity index (χ2v) is 4.68. The van der Waals surface area contributed by atoms with Crippen LogP contribution in [0.1, 0.15) is 28.4 Å². The third kappa shape index (κ3) is 3.69. The summed E-state index contributed by atoms with van der Waals surface area (Å²) in [6, 6.07) is 14.9.